The van der Waals surface area contributed by atoms with Crippen LogP contribution in [0.5, 0.6) is 0 Å². The van der Waals surface area contributed by atoms with Crippen LogP contribution in [0, 0.1) is 13.8 Å². The van der Waals surface area contributed by atoms with Gasteiger partial charge in [0.15, 0.2) is 5.78 Å². The minimum atomic E-state index is 0.109. The summed E-state index contributed by atoms with van der Waals surface area (Å²) in [5.74, 6) is 1.20. The first-order valence-corrected chi connectivity index (χ1v) is 10.2. The van der Waals surface area contributed by atoms with Gasteiger partial charge in [0.25, 0.3) is 0 Å². The lowest BCUT2D eigenvalue weighted by Crippen LogP contribution is -2.18. The van der Waals surface area contributed by atoms with Crippen molar-refractivity contribution < 1.29 is 4.79 Å². The van der Waals surface area contributed by atoms with E-state index in [0.717, 1.165) is 41.9 Å². The van der Waals surface area contributed by atoms with Gasteiger partial charge in [-0.25, -0.2) is 4.98 Å². The van der Waals surface area contributed by atoms with Crippen molar-refractivity contribution in [3.05, 3.63) is 70.4 Å². The van der Waals surface area contributed by atoms with Gasteiger partial charge in [0.2, 0.25) is 5.95 Å². The Morgan fingerprint density at radius 3 is 2.52 bits per heavy atom. The van der Waals surface area contributed by atoms with E-state index < -0.39 is 0 Å². The molecule has 1 heterocycles. The number of hydrogen-bond donors (Lipinski definition) is 2. The molecule has 0 radical (unpaired) electrons. The zero-order valence-electron chi connectivity index (χ0n) is 17.2. The van der Waals surface area contributed by atoms with Crippen LogP contribution in [0.4, 0.5) is 23.1 Å². The summed E-state index contributed by atoms with van der Waals surface area (Å²) in [5, 5.41) is 6.70. The van der Waals surface area contributed by atoms with E-state index in [1.807, 2.05) is 24.3 Å². The molecular formula is C24H26N4O. The van der Waals surface area contributed by atoms with Crippen LogP contribution in [0.1, 0.15) is 52.5 Å². The Bertz CT molecular complexity index is 1060. The molecule has 5 nitrogen and oxygen atoms in total. The molecule has 5 heteroatoms. The van der Waals surface area contributed by atoms with Gasteiger partial charge in [-0.05, 0) is 68.0 Å². The fourth-order valence-electron chi connectivity index (χ4n) is 3.64. The minimum absolute atomic E-state index is 0.109. The van der Waals surface area contributed by atoms with Gasteiger partial charge in [-0.2, -0.15) is 4.98 Å². The standard InChI is InChI=1S/C24H26N4O/c1-4-17-11-13-18(14-12-17)25-24-27-20-9-6-10-21(29)22(20)23(28-24)26-19-8-5-7-15(2)16(19)3/h5,7-8,11-14H,4,6,9-10H2,1-3H3,(H2,25,26,27,28). The van der Waals surface area contributed by atoms with Gasteiger partial charge in [0.05, 0.1) is 11.3 Å². The molecule has 0 saturated heterocycles. The van der Waals surface area contributed by atoms with Crippen LogP contribution in [0.15, 0.2) is 42.5 Å². The second kappa shape index (κ2) is 8.03. The van der Waals surface area contributed by atoms with E-state index in [9.17, 15) is 4.79 Å². The Balaban J connectivity index is 1.73. The van der Waals surface area contributed by atoms with Gasteiger partial charge < -0.3 is 10.6 Å². The highest BCUT2D eigenvalue weighted by Gasteiger charge is 2.25. The molecule has 148 valence electrons. The average molecular weight is 386 g/mol. The fourth-order valence-corrected chi connectivity index (χ4v) is 3.64. The molecular weight excluding hydrogens is 360 g/mol. The van der Waals surface area contributed by atoms with E-state index in [-0.39, 0.29) is 5.78 Å². The van der Waals surface area contributed by atoms with Crippen LogP contribution in [0.3, 0.4) is 0 Å². The van der Waals surface area contributed by atoms with Gasteiger partial charge in [-0.15, -0.1) is 0 Å². The lowest BCUT2D eigenvalue weighted by molar-refractivity contribution is 0.0972. The van der Waals surface area contributed by atoms with Gasteiger partial charge in [-0.3, -0.25) is 4.79 Å². The lowest BCUT2D eigenvalue weighted by Gasteiger charge is -2.20. The molecule has 2 aromatic carbocycles. The monoisotopic (exact) mass is 386 g/mol. The van der Waals surface area contributed by atoms with E-state index in [1.165, 1.54) is 11.1 Å². The number of carbonyl (C=O) groups is 1. The molecule has 0 spiro atoms. The number of fused-ring (bicyclic) bond motifs is 1. The molecule has 29 heavy (non-hydrogen) atoms. The number of nitrogens with one attached hydrogen (secondary N) is 2. The molecule has 0 amide bonds. The number of ketones is 1. The van der Waals surface area contributed by atoms with Crippen LogP contribution in [-0.2, 0) is 12.8 Å². The van der Waals surface area contributed by atoms with Crippen LogP contribution in [-0.4, -0.2) is 15.8 Å². The SMILES string of the molecule is CCc1ccc(Nc2nc3c(c(Nc4cccc(C)c4C)n2)C(=O)CCC3)cc1. The number of carbonyl (C=O) groups excluding carboxylic acids is 1. The third-order valence-corrected chi connectivity index (χ3v) is 5.56. The number of aryl methyl sites for hydroxylation is 3. The zero-order valence-corrected chi connectivity index (χ0v) is 17.2. The number of anilines is 4. The van der Waals surface area contributed by atoms with Crippen molar-refractivity contribution in [2.24, 2.45) is 0 Å². The summed E-state index contributed by atoms with van der Waals surface area (Å²) in [6.45, 7) is 6.28. The molecule has 0 fully saturated rings. The van der Waals surface area contributed by atoms with Crippen LogP contribution >= 0.6 is 0 Å². The highest BCUT2D eigenvalue weighted by Crippen LogP contribution is 2.31. The van der Waals surface area contributed by atoms with Gasteiger partial charge in [0.1, 0.15) is 5.82 Å². The first-order valence-electron chi connectivity index (χ1n) is 10.2. The Hall–Kier alpha value is -3.21. The van der Waals surface area contributed by atoms with Gasteiger partial charge in [-0.1, -0.05) is 31.2 Å². The third-order valence-electron chi connectivity index (χ3n) is 5.56. The van der Waals surface area contributed by atoms with E-state index >= 15 is 0 Å². The van der Waals surface area contributed by atoms with Crippen molar-refractivity contribution in [1.82, 2.24) is 9.97 Å². The Labute approximate surface area is 171 Å². The maximum atomic E-state index is 12.6. The van der Waals surface area contributed by atoms with Crippen molar-refractivity contribution in [3.63, 3.8) is 0 Å². The molecule has 3 aromatic rings. The van der Waals surface area contributed by atoms with Crippen molar-refractivity contribution >= 4 is 28.9 Å². The number of aromatic nitrogens is 2. The number of hydrogen-bond acceptors (Lipinski definition) is 5. The van der Waals surface area contributed by atoms with E-state index in [4.69, 9.17) is 0 Å². The van der Waals surface area contributed by atoms with Gasteiger partial charge in [0, 0.05) is 17.8 Å². The topological polar surface area (TPSA) is 66.9 Å². The summed E-state index contributed by atoms with van der Waals surface area (Å²) >= 11 is 0. The molecule has 1 aliphatic carbocycles. The van der Waals surface area contributed by atoms with Crippen molar-refractivity contribution in [3.8, 4) is 0 Å². The molecule has 0 aliphatic heterocycles. The summed E-state index contributed by atoms with van der Waals surface area (Å²) in [6.07, 6.45) is 3.16. The summed E-state index contributed by atoms with van der Waals surface area (Å²) in [4.78, 5) is 22.0. The summed E-state index contributed by atoms with van der Waals surface area (Å²) in [6, 6.07) is 14.4. The minimum Gasteiger partial charge on any atom is -0.339 e. The summed E-state index contributed by atoms with van der Waals surface area (Å²) in [7, 11) is 0. The van der Waals surface area contributed by atoms with Crippen LogP contribution in [0.25, 0.3) is 0 Å². The van der Waals surface area contributed by atoms with Crippen molar-refractivity contribution in [2.75, 3.05) is 10.6 Å². The number of benzene rings is 2. The molecule has 1 aliphatic rings. The maximum absolute atomic E-state index is 12.6. The average Bonchev–Trinajstić information content (AvgIpc) is 2.72. The largest absolute Gasteiger partial charge is 0.339 e. The van der Waals surface area contributed by atoms with Crippen molar-refractivity contribution in [1.29, 1.82) is 0 Å². The third kappa shape index (κ3) is 3.99. The van der Waals surface area contributed by atoms with Crippen molar-refractivity contribution in [2.45, 2.75) is 46.5 Å². The summed E-state index contributed by atoms with van der Waals surface area (Å²) in [5.41, 5.74) is 6.96. The highest BCUT2D eigenvalue weighted by atomic mass is 16.1. The molecule has 0 unspecified atom stereocenters. The zero-order chi connectivity index (χ0) is 20.4. The molecule has 2 N–H and O–H groups in total. The smallest absolute Gasteiger partial charge is 0.229 e. The molecule has 0 atom stereocenters. The normalized spacial score (nSPS) is 13.1. The second-order valence-corrected chi connectivity index (χ2v) is 7.54. The number of Topliss-reactive ketones (excluding diaryl/α,β-unsaturated/α-hetero) is 1. The van der Waals surface area contributed by atoms with Crippen LogP contribution < -0.4 is 10.6 Å². The first kappa shape index (κ1) is 19.1. The van der Waals surface area contributed by atoms with E-state index in [2.05, 4.69) is 59.6 Å². The predicted molar refractivity (Wildman–Crippen MR) is 118 cm³/mol. The van der Waals surface area contributed by atoms with Gasteiger partial charge >= 0.3 is 0 Å². The van der Waals surface area contributed by atoms with Crippen LogP contribution in [0.2, 0.25) is 0 Å². The quantitative estimate of drug-likeness (QED) is 0.592. The number of nitrogens with zero attached hydrogens (tertiary/aromatic N) is 2. The fraction of sp³-hybridized carbons (Fsp3) is 0.292. The molecule has 0 bridgehead atoms. The molecule has 1 aromatic heterocycles. The molecule has 0 saturated carbocycles. The van der Waals surface area contributed by atoms with E-state index in [1.54, 1.807) is 0 Å². The Kier molecular flexibility index (Phi) is 5.30. The first-order chi connectivity index (χ1) is 14.0. The number of rotatable bonds is 5. The Morgan fingerprint density at radius 2 is 1.76 bits per heavy atom. The lowest BCUT2D eigenvalue weighted by atomic mass is 9.95. The summed E-state index contributed by atoms with van der Waals surface area (Å²) < 4.78 is 0. The van der Waals surface area contributed by atoms with E-state index in [0.29, 0.717) is 23.8 Å². The Morgan fingerprint density at radius 1 is 0.966 bits per heavy atom. The second-order valence-electron chi connectivity index (χ2n) is 7.54. The predicted octanol–water partition coefficient (Wildman–Crippen LogP) is 5.66. The molecule has 4 rings (SSSR count). The highest BCUT2D eigenvalue weighted by molar-refractivity contribution is 6.03. The maximum Gasteiger partial charge on any atom is 0.229 e.